The van der Waals surface area contributed by atoms with Gasteiger partial charge in [0.1, 0.15) is 24.5 Å². The van der Waals surface area contributed by atoms with Crippen molar-refractivity contribution in [3.05, 3.63) is 52.8 Å². The molecule has 0 saturated carbocycles. The van der Waals surface area contributed by atoms with Gasteiger partial charge in [-0.2, -0.15) is 0 Å². The minimum absolute atomic E-state index is 0.249. The summed E-state index contributed by atoms with van der Waals surface area (Å²) in [4.78, 5) is 8.90. The average Bonchev–Trinajstić information content (AvgIpc) is 2.64. The number of hydrogen-bond donors (Lipinski definition) is 1. The lowest BCUT2D eigenvalue weighted by molar-refractivity contribution is 0.304. The van der Waals surface area contributed by atoms with Gasteiger partial charge in [-0.3, -0.25) is 0 Å². The predicted octanol–water partition coefficient (Wildman–Crippen LogP) is 4.22. The van der Waals surface area contributed by atoms with Gasteiger partial charge >= 0.3 is 0 Å². The first kappa shape index (κ1) is 20.3. The van der Waals surface area contributed by atoms with Gasteiger partial charge in [-0.05, 0) is 39.7 Å². The second kappa shape index (κ2) is 8.70. The highest BCUT2D eigenvalue weighted by Gasteiger charge is 2.11. The first-order chi connectivity index (χ1) is 12.9. The summed E-state index contributed by atoms with van der Waals surface area (Å²) in [6.45, 7) is 1.07. The standard InChI is InChI=1S/C18H17BrIN3O3S/c1-27(24,25)13-4-2-3-12(7-13)10-26-17-9-16-14(8-15(17)19)18(21-6-5-20)23-11-22-16/h2-4,7-9,11H,5-6,10H2,1H3,(H,21,22,23). The fourth-order valence-electron chi connectivity index (χ4n) is 2.50. The molecule has 0 atom stereocenters. The molecule has 9 heteroatoms. The van der Waals surface area contributed by atoms with E-state index in [1.165, 1.54) is 12.6 Å². The van der Waals surface area contributed by atoms with Crippen LogP contribution in [0.3, 0.4) is 0 Å². The molecule has 0 radical (unpaired) electrons. The zero-order chi connectivity index (χ0) is 19.4. The van der Waals surface area contributed by atoms with Crippen LogP contribution in [0.15, 0.2) is 52.1 Å². The van der Waals surface area contributed by atoms with Crippen LogP contribution in [0.1, 0.15) is 5.56 Å². The number of aromatic nitrogens is 2. The normalized spacial score (nSPS) is 11.5. The summed E-state index contributed by atoms with van der Waals surface area (Å²) in [7, 11) is -3.25. The van der Waals surface area contributed by atoms with Crippen LogP contribution in [0.5, 0.6) is 5.75 Å². The maximum Gasteiger partial charge on any atom is 0.175 e. The number of nitrogens with one attached hydrogen (secondary N) is 1. The van der Waals surface area contributed by atoms with Gasteiger partial charge in [-0.1, -0.05) is 34.7 Å². The average molecular weight is 562 g/mol. The lowest BCUT2D eigenvalue weighted by Gasteiger charge is -2.12. The van der Waals surface area contributed by atoms with Crippen LogP contribution < -0.4 is 10.1 Å². The van der Waals surface area contributed by atoms with Crippen molar-refractivity contribution in [2.75, 3.05) is 22.5 Å². The highest BCUT2D eigenvalue weighted by atomic mass is 127. The van der Waals surface area contributed by atoms with E-state index in [4.69, 9.17) is 4.74 Å². The number of hydrogen-bond acceptors (Lipinski definition) is 6. The lowest BCUT2D eigenvalue weighted by Crippen LogP contribution is -2.05. The Morgan fingerprint density at radius 3 is 2.78 bits per heavy atom. The van der Waals surface area contributed by atoms with E-state index in [2.05, 4.69) is 53.8 Å². The van der Waals surface area contributed by atoms with Gasteiger partial charge < -0.3 is 10.1 Å². The Bertz CT molecular complexity index is 1080. The van der Waals surface area contributed by atoms with Crippen molar-refractivity contribution in [1.82, 2.24) is 9.97 Å². The molecule has 6 nitrogen and oxygen atoms in total. The maximum absolute atomic E-state index is 11.7. The van der Waals surface area contributed by atoms with Gasteiger partial charge in [-0.15, -0.1) is 0 Å². The predicted molar refractivity (Wildman–Crippen MR) is 118 cm³/mol. The topological polar surface area (TPSA) is 81.2 Å². The third kappa shape index (κ3) is 5.08. The number of ether oxygens (including phenoxy) is 1. The van der Waals surface area contributed by atoms with Crippen molar-refractivity contribution in [3.63, 3.8) is 0 Å². The second-order valence-corrected chi connectivity index (χ2v) is 9.79. The molecule has 0 unspecified atom stereocenters. The molecular weight excluding hydrogens is 545 g/mol. The molecule has 0 saturated heterocycles. The Balaban J connectivity index is 1.85. The molecule has 1 heterocycles. The number of sulfone groups is 1. The van der Waals surface area contributed by atoms with Gasteiger partial charge in [-0.25, -0.2) is 18.4 Å². The molecular formula is C18H17BrIN3O3S. The van der Waals surface area contributed by atoms with Gasteiger partial charge in [0.15, 0.2) is 9.84 Å². The first-order valence-corrected chi connectivity index (χ1v) is 12.3. The Hall–Kier alpha value is -1.46. The summed E-state index contributed by atoms with van der Waals surface area (Å²) in [6, 6.07) is 10.5. The summed E-state index contributed by atoms with van der Waals surface area (Å²) in [5, 5.41) is 4.19. The fourth-order valence-corrected chi connectivity index (χ4v) is 3.92. The quantitative estimate of drug-likeness (QED) is 0.343. The first-order valence-electron chi connectivity index (χ1n) is 8.04. The van der Waals surface area contributed by atoms with Crippen molar-refractivity contribution in [2.24, 2.45) is 0 Å². The summed E-state index contributed by atoms with van der Waals surface area (Å²) in [5.41, 5.74) is 1.54. The highest BCUT2D eigenvalue weighted by molar-refractivity contribution is 14.1. The van der Waals surface area contributed by atoms with Crippen molar-refractivity contribution in [3.8, 4) is 5.75 Å². The highest BCUT2D eigenvalue weighted by Crippen LogP contribution is 2.32. The number of halogens is 2. The summed E-state index contributed by atoms with van der Waals surface area (Å²) in [6.07, 6.45) is 2.71. The molecule has 1 N–H and O–H groups in total. The van der Waals surface area contributed by atoms with Gasteiger partial charge in [0.05, 0.1) is 14.9 Å². The van der Waals surface area contributed by atoms with Crippen molar-refractivity contribution < 1.29 is 13.2 Å². The van der Waals surface area contributed by atoms with Crippen molar-refractivity contribution in [2.45, 2.75) is 11.5 Å². The largest absolute Gasteiger partial charge is 0.488 e. The fraction of sp³-hybridized carbons (Fsp3) is 0.222. The number of anilines is 1. The number of alkyl halides is 1. The molecule has 0 aliphatic carbocycles. The molecule has 0 aliphatic rings. The summed E-state index contributed by atoms with van der Waals surface area (Å²) >= 11 is 5.83. The van der Waals surface area contributed by atoms with Crippen LogP contribution in [0.2, 0.25) is 0 Å². The van der Waals surface area contributed by atoms with Crippen molar-refractivity contribution >= 4 is 65.1 Å². The van der Waals surface area contributed by atoms with Crippen molar-refractivity contribution in [1.29, 1.82) is 0 Å². The zero-order valence-electron chi connectivity index (χ0n) is 14.4. The van der Waals surface area contributed by atoms with E-state index in [-0.39, 0.29) is 11.5 Å². The molecule has 0 spiro atoms. The molecule has 2 aromatic carbocycles. The van der Waals surface area contributed by atoms with E-state index < -0.39 is 9.84 Å². The Kier molecular flexibility index (Phi) is 6.53. The lowest BCUT2D eigenvalue weighted by atomic mass is 10.2. The molecule has 1 aromatic heterocycles. The third-order valence-electron chi connectivity index (χ3n) is 3.80. The second-order valence-electron chi connectivity index (χ2n) is 5.85. The number of benzene rings is 2. The SMILES string of the molecule is CS(=O)(=O)c1cccc(COc2cc3ncnc(NCCI)c3cc2Br)c1. The zero-order valence-corrected chi connectivity index (χ0v) is 19.0. The van der Waals surface area contributed by atoms with E-state index in [1.807, 2.05) is 18.2 Å². The monoisotopic (exact) mass is 561 g/mol. The van der Waals surface area contributed by atoms with Crippen LogP contribution in [0.25, 0.3) is 10.9 Å². The Labute approximate surface area is 179 Å². The van der Waals surface area contributed by atoms with Crippen LogP contribution >= 0.6 is 38.5 Å². The molecule has 0 amide bonds. The van der Waals surface area contributed by atoms with Crippen LogP contribution in [-0.2, 0) is 16.4 Å². The molecule has 27 heavy (non-hydrogen) atoms. The number of nitrogens with zero attached hydrogens (tertiary/aromatic N) is 2. The third-order valence-corrected chi connectivity index (χ3v) is 6.07. The molecule has 3 rings (SSSR count). The van der Waals surface area contributed by atoms with Gasteiger partial charge in [0.25, 0.3) is 0 Å². The molecule has 3 aromatic rings. The van der Waals surface area contributed by atoms with E-state index in [1.54, 1.807) is 18.2 Å². The van der Waals surface area contributed by atoms with E-state index in [0.29, 0.717) is 5.75 Å². The van der Waals surface area contributed by atoms with E-state index in [0.717, 1.165) is 37.7 Å². The van der Waals surface area contributed by atoms with Crippen LogP contribution in [0.4, 0.5) is 5.82 Å². The molecule has 142 valence electrons. The van der Waals surface area contributed by atoms with E-state index in [9.17, 15) is 8.42 Å². The maximum atomic E-state index is 11.7. The minimum atomic E-state index is -3.25. The van der Waals surface area contributed by atoms with Crippen LogP contribution in [0, 0.1) is 0 Å². The molecule has 0 bridgehead atoms. The number of rotatable bonds is 7. The Morgan fingerprint density at radius 1 is 1.22 bits per heavy atom. The van der Waals surface area contributed by atoms with E-state index >= 15 is 0 Å². The van der Waals surface area contributed by atoms with Gasteiger partial charge in [0.2, 0.25) is 0 Å². The Morgan fingerprint density at radius 2 is 2.04 bits per heavy atom. The molecule has 0 aliphatic heterocycles. The summed E-state index contributed by atoms with van der Waals surface area (Å²) < 4.78 is 31.0. The smallest absolute Gasteiger partial charge is 0.175 e. The minimum Gasteiger partial charge on any atom is -0.488 e. The summed E-state index contributed by atoms with van der Waals surface area (Å²) in [5.74, 6) is 1.41. The number of fused-ring (bicyclic) bond motifs is 1. The molecule has 0 fully saturated rings. The van der Waals surface area contributed by atoms with Gasteiger partial charge in [0, 0.05) is 28.7 Å². The van der Waals surface area contributed by atoms with Crippen LogP contribution in [-0.4, -0.2) is 35.6 Å².